The van der Waals surface area contributed by atoms with Crippen molar-refractivity contribution in [2.45, 2.75) is 20.8 Å². The van der Waals surface area contributed by atoms with Gasteiger partial charge in [0.15, 0.2) is 0 Å². The number of benzene rings is 1. The molecule has 0 fully saturated rings. The van der Waals surface area contributed by atoms with Gasteiger partial charge in [-0.15, -0.1) is 0 Å². The average Bonchev–Trinajstić information content (AvgIpc) is 2.76. The molecular formula is C11H14N4O4S. The molecule has 2 rings (SSSR count). The maximum absolute atomic E-state index is 10.2. The number of aromatic amines is 1. The molecule has 0 saturated heterocycles. The highest BCUT2D eigenvalue weighted by Crippen LogP contribution is 2.06. The molecule has 0 amide bonds. The van der Waals surface area contributed by atoms with Crippen molar-refractivity contribution < 1.29 is 13.5 Å². The van der Waals surface area contributed by atoms with E-state index in [9.17, 15) is 18.5 Å². The van der Waals surface area contributed by atoms with Gasteiger partial charge in [0.1, 0.15) is 6.20 Å². The minimum Gasteiger partial charge on any atom is -0.339 e. The zero-order valence-corrected chi connectivity index (χ0v) is 12.0. The number of hydrogen-bond donors (Lipinski definition) is 1. The summed E-state index contributed by atoms with van der Waals surface area (Å²) >= 11 is 0. The lowest BCUT2D eigenvalue weighted by Gasteiger charge is -1.96. The fraction of sp³-hybridized carbons (Fsp3) is 0.273. The number of H-pyrrole nitrogens is 1. The van der Waals surface area contributed by atoms with Gasteiger partial charge in [0.05, 0.1) is 5.03 Å². The molecule has 0 radical (unpaired) electrons. The van der Waals surface area contributed by atoms with Crippen molar-refractivity contribution in [3.8, 4) is 0 Å². The Labute approximate surface area is 116 Å². The van der Waals surface area contributed by atoms with Crippen molar-refractivity contribution in [2.24, 2.45) is 0 Å². The monoisotopic (exact) mass is 298 g/mol. The minimum absolute atomic E-state index is 0.198. The van der Waals surface area contributed by atoms with Crippen LogP contribution in [0.5, 0.6) is 0 Å². The van der Waals surface area contributed by atoms with E-state index >= 15 is 0 Å². The number of nitro groups is 1. The zero-order chi connectivity index (χ0) is 15.3. The summed E-state index contributed by atoms with van der Waals surface area (Å²) in [5, 5.41) is 14.1. The molecule has 1 N–H and O–H groups in total. The molecule has 0 atom stereocenters. The third kappa shape index (κ3) is 4.35. The minimum atomic E-state index is -2.65. The quantitative estimate of drug-likeness (QED) is 0.484. The highest BCUT2D eigenvalue weighted by molar-refractivity contribution is 7.63. The highest BCUT2D eigenvalue weighted by atomic mass is 32.2. The van der Waals surface area contributed by atoms with Crippen LogP contribution in [0.2, 0.25) is 0 Å². The molecule has 0 aliphatic rings. The van der Waals surface area contributed by atoms with Gasteiger partial charge in [-0.25, -0.2) is 0 Å². The lowest BCUT2D eigenvalue weighted by Crippen LogP contribution is -2.11. The third-order valence-electron chi connectivity index (χ3n) is 2.24. The molecule has 0 spiro atoms. The van der Waals surface area contributed by atoms with Crippen LogP contribution in [0.4, 0.5) is 0 Å². The van der Waals surface area contributed by atoms with Crippen LogP contribution in [0, 0.1) is 35.5 Å². The molecule has 8 nitrogen and oxygen atoms in total. The first-order valence-electron chi connectivity index (χ1n) is 5.55. The van der Waals surface area contributed by atoms with Gasteiger partial charge in [0.25, 0.3) is 4.64 Å². The molecular weight excluding hydrogens is 284 g/mol. The van der Waals surface area contributed by atoms with Crippen LogP contribution in [-0.4, -0.2) is 28.6 Å². The highest BCUT2D eigenvalue weighted by Gasteiger charge is 2.03. The second-order valence-electron chi connectivity index (χ2n) is 4.15. The predicted molar refractivity (Wildman–Crippen MR) is 71.8 cm³/mol. The van der Waals surface area contributed by atoms with Crippen LogP contribution in [0.25, 0.3) is 0 Å². The van der Waals surface area contributed by atoms with Crippen molar-refractivity contribution in [1.82, 2.24) is 15.1 Å². The van der Waals surface area contributed by atoms with E-state index in [0.29, 0.717) is 0 Å². The van der Waals surface area contributed by atoms with Gasteiger partial charge >= 0.3 is 0 Å². The van der Waals surface area contributed by atoms with Crippen LogP contribution < -0.4 is 0 Å². The van der Waals surface area contributed by atoms with Gasteiger partial charge in [-0.2, -0.15) is 8.42 Å². The molecule has 0 aliphatic carbocycles. The Morgan fingerprint density at radius 3 is 1.90 bits per heavy atom. The van der Waals surface area contributed by atoms with E-state index in [1.54, 1.807) is 0 Å². The van der Waals surface area contributed by atoms with E-state index in [1.165, 1.54) is 16.7 Å². The standard InChI is InChI=1S/C9H12.C2H2N4O4S/c1-7-4-8(2)6-9(3)5-7;7-6(8)5-2(11(9)10)1-3-4-5/h4-6H,1-3H3;1,4H. The van der Waals surface area contributed by atoms with E-state index in [1.807, 2.05) is 5.21 Å². The van der Waals surface area contributed by atoms with Crippen LogP contribution in [0.1, 0.15) is 16.7 Å². The molecule has 0 unspecified atom stereocenters. The smallest absolute Gasteiger partial charge is 0.270 e. The van der Waals surface area contributed by atoms with Gasteiger partial charge in [-0.05, 0) is 20.8 Å². The van der Waals surface area contributed by atoms with E-state index in [0.717, 1.165) is 6.20 Å². The summed E-state index contributed by atoms with van der Waals surface area (Å²) in [6.45, 7) is 6.38. The molecule has 1 aromatic heterocycles. The van der Waals surface area contributed by atoms with Crippen molar-refractivity contribution in [3.05, 3.63) is 55.8 Å². The number of aromatic nitrogens is 3. The van der Waals surface area contributed by atoms with Crippen molar-refractivity contribution >= 4 is 10.3 Å². The van der Waals surface area contributed by atoms with E-state index in [2.05, 4.69) is 44.1 Å². The second kappa shape index (κ2) is 6.66. The summed E-state index contributed by atoms with van der Waals surface area (Å²) in [6.07, 6.45) is 0.839. The first-order valence-corrected chi connectivity index (χ1v) is 6.63. The largest absolute Gasteiger partial charge is 0.339 e. The fourth-order valence-electron chi connectivity index (χ4n) is 1.68. The Kier molecular flexibility index (Phi) is 5.21. The van der Waals surface area contributed by atoms with Crippen LogP contribution in [-0.2, 0) is 10.3 Å². The van der Waals surface area contributed by atoms with E-state index in [-0.39, 0.29) is 4.79 Å². The predicted octanol–water partition coefficient (Wildman–Crippen LogP) is 1.27. The summed E-state index contributed by atoms with van der Waals surface area (Å²) in [7, 11) is -2.65. The Balaban J connectivity index is 0.000000204. The molecule has 108 valence electrons. The molecule has 2 aromatic rings. The van der Waals surface area contributed by atoms with Gasteiger partial charge in [0.2, 0.25) is 10.3 Å². The van der Waals surface area contributed by atoms with Crippen LogP contribution in [0.15, 0.2) is 24.4 Å². The Morgan fingerprint density at radius 2 is 1.60 bits per heavy atom. The maximum Gasteiger partial charge on any atom is 0.270 e. The average molecular weight is 298 g/mol. The number of aryl methyl sites for hydroxylation is 3. The van der Waals surface area contributed by atoms with Crippen molar-refractivity contribution in [1.29, 1.82) is 0 Å². The lowest BCUT2D eigenvalue weighted by atomic mass is 10.1. The lowest BCUT2D eigenvalue weighted by molar-refractivity contribution is -0.554. The first kappa shape index (κ1) is 15.6. The molecule has 1 heterocycles. The third-order valence-corrected chi connectivity index (χ3v) is 2.86. The van der Waals surface area contributed by atoms with E-state index < -0.39 is 20.0 Å². The van der Waals surface area contributed by atoms with Crippen LogP contribution >= 0.6 is 0 Å². The number of hydrogen-bond acceptors (Lipinski definition) is 5. The van der Waals surface area contributed by atoms with Gasteiger partial charge in [-0.1, -0.05) is 45.2 Å². The molecule has 0 saturated carbocycles. The first-order chi connectivity index (χ1) is 9.31. The van der Waals surface area contributed by atoms with Crippen LogP contribution in [0.3, 0.4) is 0 Å². The van der Waals surface area contributed by atoms with E-state index in [4.69, 9.17) is 0 Å². The van der Waals surface area contributed by atoms with Gasteiger partial charge in [-0.3, -0.25) is 0 Å². The molecule has 20 heavy (non-hydrogen) atoms. The molecule has 0 aliphatic heterocycles. The van der Waals surface area contributed by atoms with Crippen molar-refractivity contribution in [3.63, 3.8) is 0 Å². The fourth-order valence-corrected chi connectivity index (χ4v) is 2.06. The summed E-state index contributed by atoms with van der Waals surface area (Å²) in [5.41, 5.74) is 4.06. The number of nitrogens with zero attached hydrogens (tertiary/aromatic N) is 3. The van der Waals surface area contributed by atoms with Crippen molar-refractivity contribution in [2.75, 3.05) is 0 Å². The summed E-state index contributed by atoms with van der Waals surface area (Å²) in [6, 6.07) is 6.56. The number of rotatable bonds is 1. The topological polar surface area (TPSA) is 111 Å². The second-order valence-corrected chi connectivity index (χ2v) is 5.03. The maximum atomic E-state index is 10.2. The molecule has 0 bridgehead atoms. The normalized spacial score (nSPS) is 9.55. The Bertz CT molecular complexity index is 730. The summed E-state index contributed by atoms with van der Waals surface area (Å²) in [5.74, 6) is 0. The summed E-state index contributed by atoms with van der Waals surface area (Å²) in [4.78, 5) is 10.2. The van der Waals surface area contributed by atoms with Gasteiger partial charge in [0, 0.05) is 4.79 Å². The van der Waals surface area contributed by atoms with Gasteiger partial charge < -0.3 is 10.1 Å². The SMILES string of the molecule is Cc1cc(C)cc(C)c1.O=[N+]([O-])n1[nH]ncc1=S(=O)=O. The summed E-state index contributed by atoms with van der Waals surface area (Å²) < 4.78 is 19.9. The Morgan fingerprint density at radius 1 is 1.15 bits per heavy atom. The molecule has 1 aromatic carbocycles. The number of nitrogens with one attached hydrogen (secondary N) is 1. The molecule has 9 heteroatoms. The Hall–Kier alpha value is -2.42. The zero-order valence-electron chi connectivity index (χ0n) is 11.2.